The van der Waals surface area contributed by atoms with Crippen molar-refractivity contribution < 1.29 is 22.6 Å². The average Bonchev–Trinajstić information content (AvgIpc) is 2.71. The van der Waals surface area contributed by atoms with Gasteiger partial charge < -0.3 is 4.52 Å². The van der Waals surface area contributed by atoms with E-state index in [4.69, 9.17) is 0 Å². The number of nitrogens with zero attached hydrogens (tertiary/aromatic N) is 2. The van der Waals surface area contributed by atoms with Crippen molar-refractivity contribution >= 4 is 28.3 Å². The van der Waals surface area contributed by atoms with Crippen LogP contribution < -0.4 is 0 Å². The van der Waals surface area contributed by atoms with Gasteiger partial charge >= 0.3 is 6.18 Å². The van der Waals surface area contributed by atoms with Crippen LogP contribution in [0.2, 0.25) is 0 Å². The van der Waals surface area contributed by atoms with Crippen LogP contribution in [0.5, 0.6) is 0 Å². The Morgan fingerprint density at radius 3 is 2.26 bits per heavy atom. The third-order valence-electron chi connectivity index (χ3n) is 2.24. The van der Waals surface area contributed by atoms with E-state index >= 15 is 0 Å². The molecule has 0 aliphatic carbocycles. The normalized spacial score (nSPS) is 11.6. The Morgan fingerprint density at radius 2 is 1.84 bits per heavy atom. The van der Waals surface area contributed by atoms with E-state index in [1.54, 1.807) is 0 Å². The van der Waals surface area contributed by atoms with Gasteiger partial charge in [0.05, 0.1) is 8.49 Å². The van der Waals surface area contributed by atoms with E-state index < -0.39 is 16.8 Å². The Kier molecular flexibility index (Phi) is 3.47. The molecule has 2 rings (SSSR count). The van der Waals surface area contributed by atoms with Gasteiger partial charge in [0.25, 0.3) is 5.69 Å². The van der Waals surface area contributed by atoms with Gasteiger partial charge in [-0.25, -0.2) is 0 Å². The Labute approximate surface area is 117 Å². The lowest BCUT2D eigenvalue weighted by molar-refractivity contribution is -0.384. The third kappa shape index (κ3) is 2.69. The molecular weight excluding hydrogens is 380 g/mol. The van der Waals surface area contributed by atoms with Gasteiger partial charge in [-0.15, -0.1) is 0 Å². The fourth-order valence-corrected chi connectivity index (χ4v) is 2.18. The molecule has 5 nitrogen and oxygen atoms in total. The second-order valence-corrected chi connectivity index (χ2v) is 4.55. The van der Waals surface area contributed by atoms with Gasteiger partial charge in [0.15, 0.2) is 5.76 Å². The molecule has 0 saturated heterocycles. The maximum absolute atomic E-state index is 12.5. The van der Waals surface area contributed by atoms with Gasteiger partial charge in [0, 0.05) is 17.7 Å². The molecule has 0 aliphatic rings. The molecule has 9 heteroatoms. The van der Waals surface area contributed by atoms with E-state index in [1.165, 1.54) is 46.9 Å². The first-order chi connectivity index (χ1) is 8.80. The number of rotatable bonds is 2. The molecule has 1 aromatic carbocycles. The molecule has 0 fully saturated rings. The molecule has 1 heterocycles. The first-order valence-corrected chi connectivity index (χ1v) is 5.86. The SMILES string of the molecule is O=[N+]([O-])c1ccc(-c2onc(C(F)(F)F)c2I)cc1. The predicted molar refractivity (Wildman–Crippen MR) is 66.3 cm³/mol. The second-order valence-electron chi connectivity index (χ2n) is 3.48. The van der Waals surface area contributed by atoms with Crippen LogP contribution in [0.15, 0.2) is 28.8 Å². The Bertz CT molecular complexity index is 622. The van der Waals surface area contributed by atoms with Crippen LogP contribution in [-0.4, -0.2) is 10.1 Å². The average molecular weight is 384 g/mol. The summed E-state index contributed by atoms with van der Waals surface area (Å²) in [6.45, 7) is 0. The molecule has 0 saturated carbocycles. The van der Waals surface area contributed by atoms with Gasteiger partial charge in [-0.3, -0.25) is 10.1 Å². The highest BCUT2D eigenvalue weighted by molar-refractivity contribution is 14.1. The highest BCUT2D eigenvalue weighted by Crippen LogP contribution is 2.37. The quantitative estimate of drug-likeness (QED) is 0.448. The van der Waals surface area contributed by atoms with Crippen LogP contribution >= 0.6 is 22.6 Å². The number of nitro groups is 1. The van der Waals surface area contributed by atoms with Crippen molar-refractivity contribution in [3.8, 4) is 11.3 Å². The minimum absolute atomic E-state index is 0.0668. The minimum Gasteiger partial charge on any atom is -0.355 e. The van der Waals surface area contributed by atoms with Crippen molar-refractivity contribution in [2.45, 2.75) is 6.18 Å². The molecule has 0 N–H and O–H groups in total. The smallest absolute Gasteiger partial charge is 0.355 e. The fourth-order valence-electron chi connectivity index (χ4n) is 1.37. The number of benzene rings is 1. The molecule has 0 aliphatic heterocycles. The topological polar surface area (TPSA) is 69.2 Å². The van der Waals surface area contributed by atoms with E-state index in [9.17, 15) is 23.3 Å². The Balaban J connectivity index is 2.43. The largest absolute Gasteiger partial charge is 0.437 e. The van der Waals surface area contributed by atoms with Crippen molar-refractivity contribution in [2.24, 2.45) is 0 Å². The zero-order valence-corrected chi connectivity index (χ0v) is 11.1. The third-order valence-corrected chi connectivity index (χ3v) is 3.25. The van der Waals surface area contributed by atoms with Gasteiger partial charge in [-0.2, -0.15) is 13.2 Å². The van der Waals surface area contributed by atoms with Crippen LogP contribution in [0.4, 0.5) is 18.9 Å². The lowest BCUT2D eigenvalue weighted by Gasteiger charge is -2.01. The molecule has 0 spiro atoms. The van der Waals surface area contributed by atoms with Crippen molar-refractivity contribution in [3.05, 3.63) is 43.6 Å². The van der Waals surface area contributed by atoms with E-state index in [1.807, 2.05) is 0 Å². The lowest BCUT2D eigenvalue weighted by atomic mass is 10.1. The minimum atomic E-state index is -4.60. The molecule has 0 amide bonds. The van der Waals surface area contributed by atoms with E-state index in [0.717, 1.165) is 0 Å². The maximum atomic E-state index is 12.5. The van der Waals surface area contributed by atoms with Gasteiger partial charge in [0.1, 0.15) is 0 Å². The number of non-ortho nitro benzene ring substituents is 1. The summed E-state index contributed by atoms with van der Waals surface area (Å²) >= 11 is 1.48. The van der Waals surface area contributed by atoms with Gasteiger partial charge in [-0.1, -0.05) is 5.16 Å². The number of alkyl halides is 3. The highest BCUT2D eigenvalue weighted by atomic mass is 127. The molecule has 19 heavy (non-hydrogen) atoms. The fraction of sp³-hybridized carbons (Fsp3) is 0.100. The molecular formula is C10H4F3IN2O3. The van der Waals surface area contributed by atoms with Crippen LogP contribution in [0.25, 0.3) is 11.3 Å². The first kappa shape index (κ1) is 13.8. The second kappa shape index (κ2) is 4.79. The number of hydrogen-bond acceptors (Lipinski definition) is 4. The summed E-state index contributed by atoms with van der Waals surface area (Å²) in [5, 5.41) is 13.5. The molecule has 2 aromatic rings. The maximum Gasteiger partial charge on any atom is 0.437 e. The Hall–Kier alpha value is -1.65. The summed E-state index contributed by atoms with van der Waals surface area (Å²) in [5.41, 5.74) is -0.978. The van der Waals surface area contributed by atoms with Crippen LogP contribution in [0, 0.1) is 13.7 Å². The van der Waals surface area contributed by atoms with Crippen LogP contribution in [0.1, 0.15) is 5.69 Å². The number of hydrogen-bond donors (Lipinski definition) is 0. The molecule has 0 unspecified atom stereocenters. The molecule has 0 radical (unpaired) electrons. The van der Waals surface area contributed by atoms with Gasteiger partial charge in [0.2, 0.25) is 5.69 Å². The summed E-state index contributed by atoms with van der Waals surface area (Å²) in [6, 6.07) is 4.98. The number of nitro benzene ring substituents is 1. The van der Waals surface area contributed by atoms with E-state index in [-0.39, 0.29) is 20.6 Å². The summed E-state index contributed by atoms with van der Waals surface area (Å²) < 4.78 is 42.1. The van der Waals surface area contributed by atoms with Crippen LogP contribution in [-0.2, 0) is 6.18 Å². The van der Waals surface area contributed by atoms with E-state index in [2.05, 4.69) is 9.68 Å². The van der Waals surface area contributed by atoms with Crippen molar-refractivity contribution in [2.75, 3.05) is 0 Å². The summed E-state index contributed by atoms with van der Waals surface area (Å²) in [6.07, 6.45) is -4.60. The molecule has 0 bridgehead atoms. The molecule has 100 valence electrons. The summed E-state index contributed by atoms with van der Waals surface area (Å²) in [4.78, 5) is 9.87. The van der Waals surface area contributed by atoms with E-state index in [0.29, 0.717) is 0 Å². The van der Waals surface area contributed by atoms with Gasteiger partial charge in [-0.05, 0) is 34.7 Å². The summed E-state index contributed by atoms with van der Waals surface area (Å²) in [5.74, 6) is -0.0668. The lowest BCUT2D eigenvalue weighted by Crippen LogP contribution is -2.07. The predicted octanol–water partition coefficient (Wildman–Crippen LogP) is 3.87. The van der Waals surface area contributed by atoms with Crippen molar-refractivity contribution in [1.29, 1.82) is 0 Å². The summed E-state index contributed by atoms with van der Waals surface area (Å²) in [7, 11) is 0. The first-order valence-electron chi connectivity index (χ1n) is 4.78. The zero-order valence-electron chi connectivity index (χ0n) is 8.94. The number of halogens is 4. The van der Waals surface area contributed by atoms with Crippen LogP contribution in [0.3, 0.4) is 0 Å². The highest BCUT2D eigenvalue weighted by Gasteiger charge is 2.38. The number of aromatic nitrogens is 1. The standard InChI is InChI=1S/C10H4F3IN2O3/c11-10(12,13)9-7(14)8(19-15-9)5-1-3-6(4-2-5)16(17)18/h1-4H. The van der Waals surface area contributed by atoms with Crippen molar-refractivity contribution in [1.82, 2.24) is 5.16 Å². The van der Waals surface area contributed by atoms with Crippen molar-refractivity contribution in [3.63, 3.8) is 0 Å². The Morgan fingerprint density at radius 1 is 1.26 bits per heavy atom. The monoisotopic (exact) mass is 384 g/mol. The molecule has 1 aromatic heterocycles. The zero-order chi connectivity index (χ0) is 14.2. The molecule has 0 atom stereocenters.